The molecular formula is C87H60N2. The van der Waals surface area contributed by atoms with Crippen molar-refractivity contribution in [2.75, 3.05) is 4.90 Å². The number of rotatable bonds is 10. The van der Waals surface area contributed by atoms with Gasteiger partial charge in [-0.3, -0.25) is 0 Å². The van der Waals surface area contributed by atoms with Crippen LogP contribution in [0.15, 0.2) is 328 Å². The van der Waals surface area contributed by atoms with Crippen molar-refractivity contribution >= 4 is 71.2 Å². The second-order valence-corrected chi connectivity index (χ2v) is 24.4. The molecule has 2 heteroatoms. The van der Waals surface area contributed by atoms with E-state index in [0.29, 0.717) is 0 Å². The van der Waals surface area contributed by atoms with E-state index in [1.165, 1.54) is 115 Å². The lowest BCUT2D eigenvalue weighted by Gasteiger charge is -2.28. The highest BCUT2D eigenvalue weighted by molar-refractivity contribution is 6.18. The predicted molar refractivity (Wildman–Crippen MR) is 378 cm³/mol. The first-order valence-corrected chi connectivity index (χ1v) is 31.0. The zero-order valence-electron chi connectivity index (χ0n) is 49.6. The van der Waals surface area contributed by atoms with Crippen molar-refractivity contribution in [2.24, 2.45) is 0 Å². The second kappa shape index (κ2) is 21.0. The summed E-state index contributed by atoms with van der Waals surface area (Å²) in [7, 11) is 0. The van der Waals surface area contributed by atoms with Crippen LogP contribution in [0.3, 0.4) is 0 Å². The summed E-state index contributed by atoms with van der Waals surface area (Å²) < 4.78 is 2.49. The van der Waals surface area contributed by atoms with Crippen LogP contribution in [0.2, 0.25) is 0 Å². The highest BCUT2D eigenvalue weighted by atomic mass is 15.1. The monoisotopic (exact) mass is 1130 g/mol. The lowest BCUT2D eigenvalue weighted by molar-refractivity contribution is 0.660. The van der Waals surface area contributed by atoms with Gasteiger partial charge in [0.25, 0.3) is 0 Å². The molecule has 16 aromatic rings. The van der Waals surface area contributed by atoms with Crippen molar-refractivity contribution in [3.63, 3.8) is 0 Å². The Morgan fingerprint density at radius 2 is 0.697 bits per heavy atom. The summed E-state index contributed by atoms with van der Waals surface area (Å²) >= 11 is 0. The van der Waals surface area contributed by atoms with Crippen LogP contribution in [-0.2, 0) is 5.41 Å². The van der Waals surface area contributed by atoms with Gasteiger partial charge in [-0.15, -0.1) is 0 Å². The van der Waals surface area contributed by atoms with Crippen LogP contribution in [-0.4, -0.2) is 4.57 Å². The maximum absolute atomic E-state index is 2.49. The van der Waals surface area contributed by atoms with Crippen LogP contribution in [0.25, 0.3) is 138 Å². The molecule has 2 nitrogen and oxygen atoms in total. The number of benzene rings is 15. The molecule has 89 heavy (non-hydrogen) atoms. The van der Waals surface area contributed by atoms with Crippen LogP contribution in [0.4, 0.5) is 17.1 Å². The SMILES string of the molecule is CC1(C)c2ccccc2-c2ccc(N(c3ccc(-c4ccccc4)cc3)c3ccc(-c4ccc5c(c4)c4ccccc4n5-c4cc(-c5ccccc5)cc(-c5ccc(-c6cccc7ccccc67)c6c(-c7cccc8ccccc78)cccc56)c4)cc3)cc21. The molecule has 1 heterocycles. The van der Waals surface area contributed by atoms with E-state index in [9.17, 15) is 0 Å². The van der Waals surface area contributed by atoms with Gasteiger partial charge in [0.2, 0.25) is 0 Å². The Bertz CT molecular complexity index is 5340. The van der Waals surface area contributed by atoms with Crippen molar-refractivity contribution in [2.45, 2.75) is 19.3 Å². The van der Waals surface area contributed by atoms with Gasteiger partial charge < -0.3 is 9.47 Å². The smallest absolute Gasteiger partial charge is 0.0541 e. The quantitative estimate of drug-likeness (QED) is 0.132. The van der Waals surface area contributed by atoms with E-state index in [0.717, 1.165) is 50.5 Å². The molecule has 418 valence electrons. The van der Waals surface area contributed by atoms with E-state index in [1.807, 2.05) is 0 Å². The Morgan fingerprint density at radius 1 is 0.247 bits per heavy atom. The minimum Gasteiger partial charge on any atom is -0.310 e. The molecule has 0 unspecified atom stereocenters. The Hall–Kier alpha value is -11.3. The number of hydrogen-bond donors (Lipinski definition) is 0. The molecule has 0 spiro atoms. The van der Waals surface area contributed by atoms with Crippen LogP contribution < -0.4 is 4.90 Å². The minimum atomic E-state index is -0.132. The van der Waals surface area contributed by atoms with E-state index in [4.69, 9.17) is 0 Å². The van der Waals surface area contributed by atoms with Gasteiger partial charge in [0.05, 0.1) is 11.0 Å². The molecule has 1 aliphatic rings. The zero-order valence-corrected chi connectivity index (χ0v) is 49.6. The summed E-state index contributed by atoms with van der Waals surface area (Å²) in [5.74, 6) is 0. The number of para-hydroxylation sites is 1. The number of fused-ring (bicyclic) bond motifs is 9. The van der Waals surface area contributed by atoms with Gasteiger partial charge in [0.15, 0.2) is 0 Å². The largest absolute Gasteiger partial charge is 0.310 e. The van der Waals surface area contributed by atoms with Crippen molar-refractivity contribution < 1.29 is 0 Å². The van der Waals surface area contributed by atoms with Gasteiger partial charge in [-0.05, 0) is 194 Å². The van der Waals surface area contributed by atoms with Gasteiger partial charge in [-0.1, -0.05) is 269 Å². The van der Waals surface area contributed by atoms with Gasteiger partial charge in [-0.2, -0.15) is 0 Å². The van der Waals surface area contributed by atoms with E-state index >= 15 is 0 Å². The number of anilines is 3. The standard InChI is InChI=1S/C87H60N2/c1-87(2)82-36-15-13-30-75(82)76-48-47-68(56-83(76)87)88(66-43-38-59(39-44-66)57-20-5-3-6-21-57)67-45-40-60(41-46-67)63-42-51-85-81(55-63)77-31-14-16-37-84(77)89(85)69-53-64(58-22-7-4-8-23-58)52-65(54-69)72-49-50-80(74-33-18-27-62-25-10-12-29-71(62)74)86-78(72)34-19-35-79(86)73-32-17-26-61-24-9-11-28-70(61)73/h3-56H,1-2H3. The number of hydrogen-bond acceptors (Lipinski definition) is 1. The average molecular weight is 1130 g/mol. The Labute approximate surface area is 519 Å². The maximum Gasteiger partial charge on any atom is 0.0541 e. The molecule has 0 fully saturated rings. The second-order valence-electron chi connectivity index (χ2n) is 24.4. The predicted octanol–water partition coefficient (Wildman–Crippen LogP) is 24.0. The summed E-state index contributed by atoms with van der Waals surface area (Å²) in [6.45, 7) is 4.72. The van der Waals surface area contributed by atoms with Gasteiger partial charge >= 0.3 is 0 Å². The fraction of sp³-hybridized carbons (Fsp3) is 0.0345. The van der Waals surface area contributed by atoms with Gasteiger partial charge in [0, 0.05) is 38.9 Å². The lowest BCUT2D eigenvalue weighted by Crippen LogP contribution is -2.16. The van der Waals surface area contributed by atoms with Crippen LogP contribution in [0.5, 0.6) is 0 Å². The molecule has 0 amide bonds. The van der Waals surface area contributed by atoms with Crippen LogP contribution in [0.1, 0.15) is 25.0 Å². The first-order valence-electron chi connectivity index (χ1n) is 31.0. The molecular weight excluding hydrogens is 1070 g/mol. The van der Waals surface area contributed by atoms with E-state index in [1.54, 1.807) is 0 Å². The molecule has 17 rings (SSSR count). The molecule has 0 saturated heterocycles. The third-order valence-corrected chi connectivity index (χ3v) is 19.0. The lowest BCUT2D eigenvalue weighted by atomic mass is 9.82. The number of aromatic nitrogens is 1. The van der Waals surface area contributed by atoms with Crippen LogP contribution >= 0.6 is 0 Å². The van der Waals surface area contributed by atoms with Gasteiger partial charge in [0.1, 0.15) is 0 Å². The fourth-order valence-electron chi connectivity index (χ4n) is 14.7. The number of nitrogens with zero attached hydrogens (tertiary/aromatic N) is 2. The van der Waals surface area contributed by atoms with E-state index in [2.05, 4.69) is 351 Å². The van der Waals surface area contributed by atoms with Crippen molar-refractivity contribution in [1.29, 1.82) is 0 Å². The first kappa shape index (κ1) is 52.0. The Kier molecular flexibility index (Phi) is 12.3. The molecule has 15 aromatic carbocycles. The average Bonchev–Trinajstić information content (AvgIpc) is 2.94. The minimum absolute atomic E-state index is 0.132. The third kappa shape index (κ3) is 8.70. The summed E-state index contributed by atoms with van der Waals surface area (Å²) in [6, 6.07) is 122. The summed E-state index contributed by atoms with van der Waals surface area (Å²) in [5, 5.41) is 9.81. The highest BCUT2D eigenvalue weighted by Gasteiger charge is 2.36. The summed E-state index contributed by atoms with van der Waals surface area (Å²) in [4.78, 5) is 2.42. The highest BCUT2D eigenvalue weighted by Crippen LogP contribution is 2.52. The molecule has 0 radical (unpaired) electrons. The first-order chi connectivity index (χ1) is 43.9. The van der Waals surface area contributed by atoms with Gasteiger partial charge in [-0.25, -0.2) is 0 Å². The Morgan fingerprint density at radius 3 is 1.39 bits per heavy atom. The maximum atomic E-state index is 2.49. The molecule has 0 bridgehead atoms. The molecule has 1 aromatic heterocycles. The topological polar surface area (TPSA) is 8.17 Å². The zero-order chi connectivity index (χ0) is 59.2. The molecule has 0 saturated carbocycles. The third-order valence-electron chi connectivity index (χ3n) is 19.0. The van der Waals surface area contributed by atoms with E-state index < -0.39 is 0 Å². The molecule has 0 N–H and O–H groups in total. The fourth-order valence-corrected chi connectivity index (χ4v) is 14.7. The molecule has 0 atom stereocenters. The van der Waals surface area contributed by atoms with Crippen molar-refractivity contribution in [3.05, 3.63) is 339 Å². The van der Waals surface area contributed by atoms with Crippen molar-refractivity contribution in [3.8, 4) is 83.6 Å². The summed E-state index contributed by atoms with van der Waals surface area (Å²) in [5.41, 5.74) is 26.3. The molecule has 0 aliphatic heterocycles. The normalized spacial score (nSPS) is 12.5. The van der Waals surface area contributed by atoms with Crippen molar-refractivity contribution in [1.82, 2.24) is 4.57 Å². The Balaban J connectivity index is 0.802. The van der Waals surface area contributed by atoms with Crippen LogP contribution in [0, 0.1) is 0 Å². The molecule has 1 aliphatic carbocycles. The van der Waals surface area contributed by atoms with E-state index in [-0.39, 0.29) is 5.41 Å². The summed E-state index contributed by atoms with van der Waals surface area (Å²) in [6.07, 6.45) is 0.